The highest BCUT2D eigenvalue weighted by molar-refractivity contribution is 5.80. The summed E-state index contributed by atoms with van der Waals surface area (Å²) < 4.78 is 0. The van der Waals surface area contributed by atoms with Gasteiger partial charge < -0.3 is 10.0 Å². The number of carbonyl (C=O) groups is 1. The van der Waals surface area contributed by atoms with Gasteiger partial charge in [-0.2, -0.15) is 0 Å². The Bertz CT molecular complexity index is 685. The second-order valence-corrected chi connectivity index (χ2v) is 9.33. The van der Waals surface area contributed by atoms with Crippen LogP contribution in [0.2, 0.25) is 0 Å². The van der Waals surface area contributed by atoms with Crippen molar-refractivity contribution in [2.45, 2.75) is 56.7 Å². The van der Waals surface area contributed by atoms with Crippen molar-refractivity contribution in [1.29, 1.82) is 0 Å². The SMILES string of the molecule is O=C([C@H]1CCCN(C2CCN(C3Cc4ccccc4C3)CC2)C1)N1CC(O)C1. The van der Waals surface area contributed by atoms with Gasteiger partial charge in [0.05, 0.1) is 12.0 Å². The molecule has 5 nitrogen and oxygen atoms in total. The second-order valence-electron chi connectivity index (χ2n) is 9.33. The Morgan fingerprint density at radius 2 is 1.54 bits per heavy atom. The van der Waals surface area contributed by atoms with Crippen LogP contribution in [0, 0.1) is 5.92 Å². The standard InChI is InChI=1S/C23H33N3O2/c27-22-15-26(16-22)23(28)19-6-3-9-25(14-19)20-7-10-24(11-8-20)21-12-17-4-1-2-5-18(17)13-21/h1-2,4-5,19-22,27H,3,6-16H2/t19-/m0/s1. The first-order valence-electron chi connectivity index (χ1n) is 11.2. The third kappa shape index (κ3) is 3.60. The summed E-state index contributed by atoms with van der Waals surface area (Å²) in [6, 6.07) is 10.3. The number of fused-ring (bicyclic) bond motifs is 1. The molecule has 0 spiro atoms. The van der Waals surface area contributed by atoms with E-state index in [2.05, 4.69) is 34.1 Å². The maximum Gasteiger partial charge on any atom is 0.227 e. The average molecular weight is 384 g/mol. The predicted molar refractivity (Wildman–Crippen MR) is 109 cm³/mol. The summed E-state index contributed by atoms with van der Waals surface area (Å²) in [5, 5.41) is 9.48. The first kappa shape index (κ1) is 18.6. The molecular formula is C23H33N3O2. The quantitative estimate of drug-likeness (QED) is 0.860. The van der Waals surface area contributed by atoms with E-state index < -0.39 is 0 Å². The number of β-amino-alcohol motifs (C(OH)–C–C–N with tert-alkyl or cyclic N) is 1. The highest BCUT2D eigenvalue weighted by Gasteiger charge is 2.38. The number of aliphatic hydroxyl groups excluding tert-OH is 1. The van der Waals surface area contributed by atoms with Crippen LogP contribution >= 0.6 is 0 Å². The lowest BCUT2D eigenvalue weighted by molar-refractivity contribution is -0.148. The van der Waals surface area contributed by atoms with E-state index in [0.29, 0.717) is 25.2 Å². The van der Waals surface area contributed by atoms with Gasteiger partial charge in [0, 0.05) is 31.7 Å². The van der Waals surface area contributed by atoms with Gasteiger partial charge in [0.1, 0.15) is 0 Å². The summed E-state index contributed by atoms with van der Waals surface area (Å²) in [5.41, 5.74) is 3.09. The molecule has 28 heavy (non-hydrogen) atoms. The molecule has 1 amide bonds. The zero-order chi connectivity index (χ0) is 19.1. The molecule has 5 rings (SSSR count). The van der Waals surface area contributed by atoms with Gasteiger partial charge in [0.15, 0.2) is 0 Å². The van der Waals surface area contributed by atoms with Crippen molar-refractivity contribution in [2.75, 3.05) is 39.3 Å². The van der Waals surface area contributed by atoms with E-state index in [0.717, 1.165) is 25.9 Å². The van der Waals surface area contributed by atoms with Crippen molar-refractivity contribution in [3.8, 4) is 0 Å². The van der Waals surface area contributed by atoms with Crippen LogP contribution in [0.1, 0.15) is 36.8 Å². The van der Waals surface area contributed by atoms with Crippen LogP contribution in [0.4, 0.5) is 0 Å². The van der Waals surface area contributed by atoms with Crippen LogP contribution in [0.3, 0.4) is 0 Å². The molecule has 5 heteroatoms. The first-order chi connectivity index (χ1) is 13.7. The zero-order valence-corrected chi connectivity index (χ0v) is 16.8. The lowest BCUT2D eigenvalue weighted by atomic mass is 9.91. The minimum atomic E-state index is -0.297. The van der Waals surface area contributed by atoms with Gasteiger partial charge in [-0.3, -0.25) is 14.6 Å². The molecule has 1 aliphatic carbocycles. The number of hydrogen-bond donors (Lipinski definition) is 1. The molecule has 1 N–H and O–H groups in total. The molecule has 0 saturated carbocycles. The Labute approximate surface area is 168 Å². The second kappa shape index (κ2) is 7.77. The van der Waals surface area contributed by atoms with Gasteiger partial charge in [-0.15, -0.1) is 0 Å². The highest BCUT2D eigenvalue weighted by atomic mass is 16.3. The van der Waals surface area contributed by atoms with Gasteiger partial charge >= 0.3 is 0 Å². The number of nitrogens with zero attached hydrogens (tertiary/aromatic N) is 3. The third-order valence-corrected chi connectivity index (χ3v) is 7.54. The van der Waals surface area contributed by atoms with E-state index >= 15 is 0 Å². The summed E-state index contributed by atoms with van der Waals surface area (Å²) in [7, 11) is 0. The maximum absolute atomic E-state index is 12.7. The average Bonchev–Trinajstić information content (AvgIpc) is 3.15. The van der Waals surface area contributed by atoms with Gasteiger partial charge in [-0.25, -0.2) is 0 Å². The monoisotopic (exact) mass is 383 g/mol. The number of rotatable bonds is 3. The summed E-state index contributed by atoms with van der Waals surface area (Å²) in [6.07, 6.45) is 6.74. The molecule has 152 valence electrons. The fraction of sp³-hybridized carbons (Fsp3) is 0.696. The molecule has 3 saturated heterocycles. The topological polar surface area (TPSA) is 47.0 Å². The van der Waals surface area contributed by atoms with Crippen LogP contribution in [0.25, 0.3) is 0 Å². The van der Waals surface area contributed by atoms with E-state index in [1.165, 1.54) is 38.8 Å². The van der Waals surface area contributed by atoms with E-state index in [1.54, 1.807) is 11.1 Å². The number of piperidine rings is 2. The third-order valence-electron chi connectivity index (χ3n) is 7.54. The van der Waals surface area contributed by atoms with E-state index in [1.807, 2.05) is 4.90 Å². The maximum atomic E-state index is 12.7. The van der Waals surface area contributed by atoms with Crippen LogP contribution in [-0.4, -0.2) is 83.2 Å². The van der Waals surface area contributed by atoms with Gasteiger partial charge in [-0.05, 0) is 69.3 Å². The number of carbonyl (C=O) groups excluding carboxylic acids is 1. The van der Waals surface area contributed by atoms with Crippen molar-refractivity contribution < 1.29 is 9.90 Å². The van der Waals surface area contributed by atoms with E-state index in [9.17, 15) is 9.90 Å². The number of hydrogen-bond acceptors (Lipinski definition) is 4. The fourth-order valence-corrected chi connectivity index (χ4v) is 5.84. The molecule has 0 radical (unpaired) electrons. The molecule has 3 heterocycles. The van der Waals surface area contributed by atoms with E-state index in [4.69, 9.17) is 0 Å². The normalized spacial score (nSPS) is 28.3. The number of amides is 1. The Hall–Kier alpha value is -1.43. The Balaban J connectivity index is 1.12. The Morgan fingerprint density at radius 1 is 0.857 bits per heavy atom. The molecule has 3 aliphatic heterocycles. The van der Waals surface area contributed by atoms with Crippen LogP contribution in [0.15, 0.2) is 24.3 Å². The molecule has 1 aromatic rings. The van der Waals surface area contributed by atoms with Crippen LogP contribution < -0.4 is 0 Å². The minimum absolute atomic E-state index is 0.142. The number of likely N-dealkylation sites (tertiary alicyclic amines) is 3. The van der Waals surface area contributed by atoms with Crippen molar-refractivity contribution in [2.24, 2.45) is 5.92 Å². The molecule has 0 bridgehead atoms. The van der Waals surface area contributed by atoms with Crippen molar-refractivity contribution >= 4 is 5.91 Å². The van der Waals surface area contributed by atoms with Crippen molar-refractivity contribution in [3.63, 3.8) is 0 Å². The lowest BCUT2D eigenvalue weighted by Gasteiger charge is -2.45. The summed E-state index contributed by atoms with van der Waals surface area (Å²) in [6.45, 7) is 5.53. The molecular weight excluding hydrogens is 350 g/mol. The minimum Gasteiger partial charge on any atom is -0.389 e. The smallest absolute Gasteiger partial charge is 0.227 e. The van der Waals surface area contributed by atoms with Crippen LogP contribution in [-0.2, 0) is 17.6 Å². The lowest BCUT2D eigenvalue weighted by Crippen LogP contribution is -2.58. The van der Waals surface area contributed by atoms with Gasteiger partial charge in [0.25, 0.3) is 0 Å². The largest absolute Gasteiger partial charge is 0.389 e. The molecule has 0 unspecified atom stereocenters. The predicted octanol–water partition coefficient (Wildman–Crippen LogP) is 1.53. The number of benzene rings is 1. The van der Waals surface area contributed by atoms with Gasteiger partial charge in [-0.1, -0.05) is 24.3 Å². The molecule has 0 aromatic heterocycles. The van der Waals surface area contributed by atoms with Gasteiger partial charge in [0.2, 0.25) is 5.91 Å². The molecule has 1 atom stereocenters. The summed E-state index contributed by atoms with van der Waals surface area (Å²) in [4.78, 5) is 19.8. The zero-order valence-electron chi connectivity index (χ0n) is 16.8. The number of aliphatic hydroxyl groups is 1. The molecule has 4 aliphatic rings. The fourth-order valence-electron chi connectivity index (χ4n) is 5.84. The van der Waals surface area contributed by atoms with E-state index in [-0.39, 0.29) is 17.9 Å². The molecule has 3 fully saturated rings. The first-order valence-corrected chi connectivity index (χ1v) is 11.2. The van der Waals surface area contributed by atoms with Crippen molar-refractivity contribution in [1.82, 2.24) is 14.7 Å². The molecule has 1 aromatic carbocycles. The summed E-state index contributed by atoms with van der Waals surface area (Å²) >= 11 is 0. The highest BCUT2D eigenvalue weighted by Crippen LogP contribution is 2.30. The van der Waals surface area contributed by atoms with Crippen LogP contribution in [0.5, 0.6) is 0 Å². The Morgan fingerprint density at radius 3 is 2.18 bits per heavy atom. The summed E-state index contributed by atoms with van der Waals surface area (Å²) in [5.74, 6) is 0.416. The Kier molecular flexibility index (Phi) is 5.16. The van der Waals surface area contributed by atoms with Crippen molar-refractivity contribution in [3.05, 3.63) is 35.4 Å².